The molecule has 0 amide bonds. The summed E-state index contributed by atoms with van der Waals surface area (Å²) < 4.78 is 27.4. The number of para-hydroxylation sites is 1. The minimum atomic E-state index is -3.79. The maximum absolute atomic E-state index is 13.1. The molecule has 0 saturated heterocycles. The Balaban J connectivity index is 2.64. The van der Waals surface area contributed by atoms with Gasteiger partial charge in [-0.25, -0.2) is 8.42 Å². The number of carboxylic acid groups (broad SMARTS) is 1. The van der Waals surface area contributed by atoms with E-state index in [1.807, 2.05) is 6.07 Å². The fourth-order valence-electron chi connectivity index (χ4n) is 2.94. The molecule has 0 atom stereocenters. The van der Waals surface area contributed by atoms with Crippen LogP contribution in [0.5, 0.6) is 0 Å². The summed E-state index contributed by atoms with van der Waals surface area (Å²) in [7, 11) is -2.29. The van der Waals surface area contributed by atoms with Crippen molar-refractivity contribution in [1.82, 2.24) is 0 Å². The number of carboxylic acids is 1. The summed E-state index contributed by atoms with van der Waals surface area (Å²) in [6, 6.07) is 10.5. The van der Waals surface area contributed by atoms with E-state index < -0.39 is 16.0 Å². The lowest BCUT2D eigenvalue weighted by molar-refractivity contribution is -0.136. The van der Waals surface area contributed by atoms with Crippen molar-refractivity contribution in [3.05, 3.63) is 58.7 Å². The van der Waals surface area contributed by atoms with Crippen molar-refractivity contribution in [2.75, 3.05) is 11.4 Å². The summed E-state index contributed by atoms with van der Waals surface area (Å²) in [4.78, 5) is 11.3. The highest BCUT2D eigenvalue weighted by atomic mass is 32.2. The van der Waals surface area contributed by atoms with Crippen LogP contribution in [0.3, 0.4) is 0 Å². The molecular weight excluding hydrogens is 326 g/mol. The van der Waals surface area contributed by atoms with E-state index in [4.69, 9.17) is 5.11 Å². The van der Waals surface area contributed by atoms with Crippen molar-refractivity contribution in [2.45, 2.75) is 32.1 Å². The number of nitrogens with zero attached hydrogens (tertiary/aromatic N) is 1. The monoisotopic (exact) mass is 347 g/mol. The highest BCUT2D eigenvalue weighted by molar-refractivity contribution is 7.92. The quantitative estimate of drug-likeness (QED) is 0.902. The molecular formula is C18H21NO4S. The largest absolute Gasteiger partial charge is 0.481 e. The van der Waals surface area contributed by atoms with E-state index in [0.717, 1.165) is 5.56 Å². The molecule has 0 bridgehead atoms. The number of anilines is 1. The van der Waals surface area contributed by atoms with Gasteiger partial charge in [-0.2, -0.15) is 0 Å². The third-order valence-corrected chi connectivity index (χ3v) is 6.20. The Labute approximate surface area is 142 Å². The first-order valence-electron chi connectivity index (χ1n) is 7.51. The van der Waals surface area contributed by atoms with Crippen LogP contribution in [-0.2, 0) is 21.2 Å². The van der Waals surface area contributed by atoms with Crippen molar-refractivity contribution < 1.29 is 18.3 Å². The Morgan fingerprint density at radius 2 is 1.67 bits per heavy atom. The van der Waals surface area contributed by atoms with Crippen LogP contribution >= 0.6 is 0 Å². The van der Waals surface area contributed by atoms with Crippen LogP contribution in [0.2, 0.25) is 0 Å². The molecule has 1 N–H and O–H groups in total. The summed E-state index contributed by atoms with van der Waals surface area (Å²) in [6.45, 7) is 5.20. The third-order valence-electron chi connectivity index (χ3n) is 4.13. The zero-order chi connectivity index (χ0) is 18.1. The molecule has 5 nitrogen and oxygen atoms in total. The second kappa shape index (κ2) is 6.65. The number of carbonyl (C=O) groups is 1. The molecule has 0 saturated carbocycles. The molecule has 2 rings (SSSR count). The summed E-state index contributed by atoms with van der Waals surface area (Å²) in [5.41, 5.74) is 3.00. The molecule has 0 fully saturated rings. The zero-order valence-electron chi connectivity index (χ0n) is 14.2. The second-order valence-electron chi connectivity index (χ2n) is 5.82. The van der Waals surface area contributed by atoms with Crippen molar-refractivity contribution in [3.63, 3.8) is 0 Å². The molecule has 0 heterocycles. The highest BCUT2D eigenvalue weighted by Crippen LogP contribution is 2.30. The number of rotatable bonds is 5. The molecule has 24 heavy (non-hydrogen) atoms. The van der Waals surface area contributed by atoms with Gasteiger partial charge in [0.25, 0.3) is 10.0 Å². The standard InChI is InChI=1S/C18H21NO4S/c1-12-10-13(2)18(14(3)16(12)11-17(20)21)24(22,23)19(4)15-8-6-5-7-9-15/h5-10H,11H2,1-4H3,(H,20,21). The fourth-order valence-corrected chi connectivity index (χ4v) is 4.59. The van der Waals surface area contributed by atoms with Gasteiger partial charge in [0.15, 0.2) is 0 Å². The van der Waals surface area contributed by atoms with E-state index in [9.17, 15) is 13.2 Å². The molecule has 0 aliphatic carbocycles. The van der Waals surface area contributed by atoms with Gasteiger partial charge in [0, 0.05) is 7.05 Å². The Morgan fingerprint density at radius 3 is 2.21 bits per heavy atom. The number of benzene rings is 2. The summed E-state index contributed by atoms with van der Waals surface area (Å²) in [5, 5.41) is 9.11. The number of sulfonamides is 1. The summed E-state index contributed by atoms with van der Waals surface area (Å²) in [6.07, 6.45) is -0.199. The van der Waals surface area contributed by atoms with E-state index in [-0.39, 0.29) is 11.3 Å². The SMILES string of the molecule is Cc1cc(C)c(S(=O)(=O)N(C)c2ccccc2)c(C)c1CC(=O)O. The summed E-state index contributed by atoms with van der Waals surface area (Å²) >= 11 is 0. The molecule has 6 heteroatoms. The van der Waals surface area contributed by atoms with E-state index in [0.29, 0.717) is 22.4 Å². The minimum Gasteiger partial charge on any atom is -0.481 e. The smallest absolute Gasteiger partial charge is 0.307 e. The molecule has 0 unspecified atom stereocenters. The average molecular weight is 347 g/mol. The first kappa shape index (κ1) is 18.0. The first-order chi connectivity index (χ1) is 11.2. The fraction of sp³-hybridized carbons (Fsp3) is 0.278. The lowest BCUT2D eigenvalue weighted by atomic mass is 9.97. The molecule has 2 aromatic rings. The van der Waals surface area contributed by atoms with Crippen LogP contribution in [0.15, 0.2) is 41.3 Å². The molecule has 0 aliphatic heterocycles. The molecule has 0 spiro atoms. The van der Waals surface area contributed by atoms with Crippen LogP contribution in [0.4, 0.5) is 5.69 Å². The Hall–Kier alpha value is -2.34. The van der Waals surface area contributed by atoms with Gasteiger partial charge in [-0.05, 0) is 55.2 Å². The minimum absolute atomic E-state index is 0.177. The Morgan fingerprint density at radius 1 is 1.08 bits per heavy atom. The molecule has 0 aliphatic rings. The Bertz CT molecular complexity index is 874. The third kappa shape index (κ3) is 3.28. The van der Waals surface area contributed by atoms with Crippen LogP contribution in [-0.4, -0.2) is 26.5 Å². The Kier molecular flexibility index (Phi) is 4.99. The van der Waals surface area contributed by atoms with Crippen molar-refractivity contribution in [3.8, 4) is 0 Å². The number of hydrogen-bond donors (Lipinski definition) is 1. The predicted molar refractivity (Wildman–Crippen MR) is 94.0 cm³/mol. The molecule has 0 radical (unpaired) electrons. The van der Waals surface area contributed by atoms with Gasteiger partial charge < -0.3 is 5.11 Å². The maximum atomic E-state index is 13.1. The normalized spacial score (nSPS) is 11.3. The van der Waals surface area contributed by atoms with Crippen LogP contribution < -0.4 is 4.31 Å². The van der Waals surface area contributed by atoms with Gasteiger partial charge in [-0.1, -0.05) is 24.3 Å². The van der Waals surface area contributed by atoms with Gasteiger partial charge in [-0.3, -0.25) is 9.10 Å². The van der Waals surface area contributed by atoms with Crippen LogP contribution in [0.1, 0.15) is 22.3 Å². The van der Waals surface area contributed by atoms with Gasteiger partial charge in [0.1, 0.15) is 0 Å². The van der Waals surface area contributed by atoms with Gasteiger partial charge >= 0.3 is 5.97 Å². The lowest BCUT2D eigenvalue weighted by Crippen LogP contribution is -2.28. The second-order valence-corrected chi connectivity index (χ2v) is 7.73. The van der Waals surface area contributed by atoms with E-state index in [1.54, 1.807) is 51.1 Å². The zero-order valence-corrected chi connectivity index (χ0v) is 15.0. The maximum Gasteiger partial charge on any atom is 0.307 e. The first-order valence-corrected chi connectivity index (χ1v) is 8.95. The highest BCUT2D eigenvalue weighted by Gasteiger charge is 2.27. The number of aryl methyl sites for hydroxylation is 2. The van der Waals surface area contributed by atoms with Gasteiger partial charge in [0.05, 0.1) is 17.0 Å². The van der Waals surface area contributed by atoms with Crippen molar-refractivity contribution in [1.29, 1.82) is 0 Å². The van der Waals surface area contributed by atoms with E-state index in [1.165, 1.54) is 11.4 Å². The van der Waals surface area contributed by atoms with Crippen molar-refractivity contribution in [2.24, 2.45) is 0 Å². The van der Waals surface area contributed by atoms with E-state index >= 15 is 0 Å². The lowest BCUT2D eigenvalue weighted by Gasteiger charge is -2.23. The van der Waals surface area contributed by atoms with Crippen molar-refractivity contribution >= 4 is 21.7 Å². The van der Waals surface area contributed by atoms with Gasteiger partial charge in [0.2, 0.25) is 0 Å². The molecule has 2 aromatic carbocycles. The molecule has 128 valence electrons. The topological polar surface area (TPSA) is 74.7 Å². The number of hydrogen-bond acceptors (Lipinski definition) is 3. The molecule has 0 aromatic heterocycles. The predicted octanol–water partition coefficient (Wildman–Crippen LogP) is 3.06. The van der Waals surface area contributed by atoms with Crippen LogP contribution in [0.25, 0.3) is 0 Å². The van der Waals surface area contributed by atoms with Gasteiger partial charge in [-0.15, -0.1) is 0 Å². The van der Waals surface area contributed by atoms with E-state index in [2.05, 4.69) is 0 Å². The number of aliphatic carboxylic acids is 1. The van der Waals surface area contributed by atoms with Crippen LogP contribution in [0, 0.1) is 20.8 Å². The summed E-state index contributed by atoms with van der Waals surface area (Å²) in [5.74, 6) is -0.982. The average Bonchev–Trinajstić information content (AvgIpc) is 2.50.